The molecule has 2 rings (SSSR count). The molecule has 1 aliphatic rings. The van der Waals surface area contributed by atoms with Gasteiger partial charge in [-0.3, -0.25) is 4.79 Å². The predicted molar refractivity (Wildman–Crippen MR) is 65.4 cm³/mol. The second kappa shape index (κ2) is 5.49. The van der Waals surface area contributed by atoms with Gasteiger partial charge in [-0.25, -0.2) is 4.98 Å². The summed E-state index contributed by atoms with van der Waals surface area (Å²) in [7, 11) is 2.01. The normalized spacial score (nSPS) is 24.4. The molecule has 1 amide bonds. The van der Waals surface area contributed by atoms with E-state index in [9.17, 15) is 4.79 Å². The molecule has 2 heterocycles. The Labute approximate surface area is 106 Å². The Morgan fingerprint density at radius 2 is 2.44 bits per heavy atom. The highest BCUT2D eigenvalue weighted by Gasteiger charge is 2.33. The number of carbonyl (C=O) groups is 1. The third-order valence-electron chi connectivity index (χ3n) is 3.11. The van der Waals surface area contributed by atoms with Crippen molar-refractivity contribution in [2.75, 3.05) is 26.7 Å². The summed E-state index contributed by atoms with van der Waals surface area (Å²) in [6.07, 6.45) is 1.32. The van der Waals surface area contributed by atoms with E-state index in [2.05, 4.69) is 15.2 Å². The Balaban J connectivity index is 2.00. The summed E-state index contributed by atoms with van der Waals surface area (Å²) in [5.41, 5.74) is 0.347. The molecule has 0 unspecified atom stereocenters. The number of hydrogen-bond acceptors (Lipinski definition) is 5. The van der Waals surface area contributed by atoms with Gasteiger partial charge in [0.15, 0.2) is 12.1 Å². The third kappa shape index (κ3) is 2.70. The average molecular weight is 253 g/mol. The van der Waals surface area contributed by atoms with Crippen LogP contribution in [0.2, 0.25) is 0 Å². The lowest BCUT2D eigenvalue weighted by atomic mass is 10.2. The van der Waals surface area contributed by atoms with Gasteiger partial charge in [-0.15, -0.1) is 0 Å². The van der Waals surface area contributed by atoms with Crippen LogP contribution in [-0.2, 0) is 4.74 Å². The average Bonchev–Trinajstić information content (AvgIpc) is 2.86. The minimum atomic E-state index is -0.203. The van der Waals surface area contributed by atoms with Gasteiger partial charge in [0.1, 0.15) is 5.76 Å². The Morgan fingerprint density at radius 1 is 1.67 bits per heavy atom. The van der Waals surface area contributed by atoms with E-state index in [1.165, 1.54) is 6.39 Å². The Morgan fingerprint density at radius 3 is 3.06 bits per heavy atom. The van der Waals surface area contributed by atoms with Gasteiger partial charge in [0.2, 0.25) is 0 Å². The van der Waals surface area contributed by atoms with Crippen LogP contribution in [0.4, 0.5) is 0 Å². The monoisotopic (exact) mass is 253 g/mol. The maximum atomic E-state index is 12.0. The third-order valence-corrected chi connectivity index (χ3v) is 3.11. The van der Waals surface area contributed by atoms with E-state index < -0.39 is 0 Å². The smallest absolute Gasteiger partial charge is 0.273 e. The summed E-state index contributed by atoms with van der Waals surface area (Å²) < 4.78 is 10.7. The fourth-order valence-electron chi connectivity index (χ4n) is 2.24. The molecule has 6 nitrogen and oxygen atoms in total. The summed E-state index contributed by atoms with van der Waals surface area (Å²) in [6.45, 7) is 5.94. The van der Waals surface area contributed by atoms with Gasteiger partial charge in [-0.2, -0.15) is 0 Å². The second-order valence-electron chi connectivity index (χ2n) is 4.55. The summed E-state index contributed by atoms with van der Waals surface area (Å²) >= 11 is 0. The molecule has 2 atom stereocenters. The number of carbonyl (C=O) groups excluding carboxylic acids is 1. The number of amides is 1. The zero-order valence-electron chi connectivity index (χ0n) is 11.0. The Bertz CT molecular complexity index is 418. The largest absolute Gasteiger partial charge is 0.448 e. The molecular weight excluding hydrogens is 234 g/mol. The van der Waals surface area contributed by atoms with Crippen LogP contribution in [0.3, 0.4) is 0 Å². The molecule has 0 aliphatic carbocycles. The van der Waals surface area contributed by atoms with E-state index in [-0.39, 0.29) is 18.1 Å². The van der Waals surface area contributed by atoms with Crippen LogP contribution in [0.1, 0.15) is 23.2 Å². The standard InChI is InChI=1S/C12H19N3O3/c1-4-17-10-6-15(3)5-9(10)14-12(16)11-8(2)18-7-13-11/h7,9-10H,4-6H2,1-3H3,(H,14,16)/t9-,10-/m0/s1. The lowest BCUT2D eigenvalue weighted by Gasteiger charge is -2.19. The van der Waals surface area contributed by atoms with Gasteiger partial charge < -0.3 is 19.4 Å². The molecule has 0 spiro atoms. The van der Waals surface area contributed by atoms with Crippen molar-refractivity contribution in [3.8, 4) is 0 Å². The first kappa shape index (κ1) is 13.0. The van der Waals surface area contributed by atoms with Gasteiger partial charge in [0, 0.05) is 19.7 Å². The minimum absolute atomic E-state index is 0.00134. The highest BCUT2D eigenvalue weighted by molar-refractivity contribution is 5.93. The van der Waals surface area contributed by atoms with Crippen LogP contribution in [0, 0.1) is 6.92 Å². The van der Waals surface area contributed by atoms with Gasteiger partial charge >= 0.3 is 0 Å². The lowest BCUT2D eigenvalue weighted by Crippen LogP contribution is -2.44. The molecule has 0 saturated carbocycles. The molecule has 1 aliphatic heterocycles. The highest BCUT2D eigenvalue weighted by atomic mass is 16.5. The van der Waals surface area contributed by atoms with Crippen molar-refractivity contribution in [2.24, 2.45) is 0 Å². The van der Waals surface area contributed by atoms with Crippen molar-refractivity contribution in [2.45, 2.75) is 26.0 Å². The number of hydrogen-bond donors (Lipinski definition) is 1. The quantitative estimate of drug-likeness (QED) is 0.843. The molecule has 1 fully saturated rings. The molecule has 1 aromatic heterocycles. The molecule has 100 valence electrons. The zero-order chi connectivity index (χ0) is 13.1. The molecule has 1 aromatic rings. The number of rotatable bonds is 4. The van der Waals surface area contributed by atoms with E-state index in [0.29, 0.717) is 18.1 Å². The molecule has 6 heteroatoms. The molecule has 1 saturated heterocycles. The van der Waals surface area contributed by atoms with Gasteiger partial charge in [-0.1, -0.05) is 0 Å². The van der Waals surface area contributed by atoms with Crippen molar-refractivity contribution in [3.05, 3.63) is 17.8 Å². The van der Waals surface area contributed by atoms with E-state index in [4.69, 9.17) is 9.15 Å². The number of likely N-dealkylation sites (N-methyl/N-ethyl adjacent to an activating group) is 1. The van der Waals surface area contributed by atoms with Gasteiger partial charge in [-0.05, 0) is 20.9 Å². The molecule has 0 aromatic carbocycles. The van der Waals surface area contributed by atoms with Gasteiger partial charge in [0.05, 0.1) is 12.1 Å². The topological polar surface area (TPSA) is 67.6 Å². The summed E-state index contributed by atoms with van der Waals surface area (Å²) in [5.74, 6) is 0.332. The maximum Gasteiger partial charge on any atom is 0.273 e. The van der Waals surface area contributed by atoms with Gasteiger partial charge in [0.25, 0.3) is 5.91 Å². The van der Waals surface area contributed by atoms with E-state index in [1.54, 1.807) is 6.92 Å². The number of likely N-dealkylation sites (tertiary alicyclic amines) is 1. The SMILES string of the molecule is CCO[C@H]1CN(C)C[C@@H]1NC(=O)c1ncoc1C. The molecule has 18 heavy (non-hydrogen) atoms. The number of nitrogens with one attached hydrogen (secondary N) is 1. The van der Waals surface area contributed by atoms with Crippen molar-refractivity contribution in [1.82, 2.24) is 15.2 Å². The zero-order valence-corrected chi connectivity index (χ0v) is 11.0. The fourth-order valence-corrected chi connectivity index (χ4v) is 2.24. The first-order valence-electron chi connectivity index (χ1n) is 6.13. The van der Waals surface area contributed by atoms with Crippen LogP contribution in [0.15, 0.2) is 10.8 Å². The van der Waals surface area contributed by atoms with Crippen LogP contribution < -0.4 is 5.32 Å². The minimum Gasteiger partial charge on any atom is -0.448 e. The van der Waals surface area contributed by atoms with E-state index >= 15 is 0 Å². The summed E-state index contributed by atoms with van der Waals surface area (Å²) in [6, 6.07) is -0.00134. The van der Waals surface area contributed by atoms with Crippen LogP contribution >= 0.6 is 0 Å². The lowest BCUT2D eigenvalue weighted by molar-refractivity contribution is 0.0512. The maximum absolute atomic E-state index is 12.0. The number of nitrogens with zero attached hydrogens (tertiary/aromatic N) is 2. The number of aryl methyl sites for hydroxylation is 1. The van der Waals surface area contributed by atoms with Crippen molar-refractivity contribution in [1.29, 1.82) is 0 Å². The molecule has 0 bridgehead atoms. The molecular formula is C12H19N3O3. The Hall–Kier alpha value is -1.40. The van der Waals surface area contributed by atoms with E-state index in [1.807, 2.05) is 14.0 Å². The molecule has 1 N–H and O–H groups in total. The fraction of sp³-hybridized carbons (Fsp3) is 0.667. The van der Waals surface area contributed by atoms with Crippen molar-refractivity contribution in [3.63, 3.8) is 0 Å². The molecule has 0 radical (unpaired) electrons. The van der Waals surface area contributed by atoms with Crippen LogP contribution in [0.5, 0.6) is 0 Å². The second-order valence-corrected chi connectivity index (χ2v) is 4.55. The number of oxazole rings is 1. The first-order chi connectivity index (χ1) is 8.61. The first-order valence-corrected chi connectivity index (χ1v) is 6.13. The van der Waals surface area contributed by atoms with Crippen LogP contribution in [0.25, 0.3) is 0 Å². The predicted octanol–water partition coefficient (Wildman–Crippen LogP) is 0.432. The number of ether oxygens (including phenoxy) is 1. The van der Waals surface area contributed by atoms with Crippen LogP contribution in [-0.4, -0.2) is 54.7 Å². The summed E-state index contributed by atoms with van der Waals surface area (Å²) in [4.78, 5) is 18.1. The Kier molecular flexibility index (Phi) is 3.98. The summed E-state index contributed by atoms with van der Waals surface area (Å²) in [5, 5.41) is 2.96. The number of aromatic nitrogens is 1. The van der Waals surface area contributed by atoms with Crippen molar-refractivity contribution >= 4 is 5.91 Å². The highest BCUT2D eigenvalue weighted by Crippen LogP contribution is 2.13. The van der Waals surface area contributed by atoms with Crippen molar-refractivity contribution < 1.29 is 13.9 Å². The van der Waals surface area contributed by atoms with E-state index in [0.717, 1.165) is 13.1 Å².